The second-order valence-electron chi connectivity index (χ2n) is 11.5. The number of carboxylic acid groups (broad SMARTS) is 1. The average Bonchev–Trinajstić information content (AvgIpc) is 3.44. The minimum absolute atomic E-state index is 0.173. The van der Waals surface area contributed by atoms with E-state index in [4.69, 9.17) is 14.2 Å². The molecule has 2 heterocycles. The summed E-state index contributed by atoms with van der Waals surface area (Å²) in [5.41, 5.74) is -0.573. The monoisotopic (exact) mass is 539 g/mol. The number of rotatable bonds is 10. The Bertz CT molecular complexity index is 981. The molecule has 2 amide bonds. The van der Waals surface area contributed by atoms with Crippen molar-refractivity contribution in [1.29, 1.82) is 0 Å². The minimum Gasteiger partial charge on any atom is -0.480 e. The quantitative estimate of drug-likeness (QED) is 0.257. The van der Waals surface area contributed by atoms with E-state index in [0.717, 1.165) is 18.5 Å². The largest absolute Gasteiger partial charge is 0.480 e. The van der Waals surface area contributed by atoms with Gasteiger partial charge in [0.25, 0.3) is 0 Å². The van der Waals surface area contributed by atoms with Gasteiger partial charge in [0.05, 0.1) is 25.5 Å². The van der Waals surface area contributed by atoms with Gasteiger partial charge in [-0.3, -0.25) is 4.90 Å². The fourth-order valence-electron chi connectivity index (χ4n) is 4.05. The maximum Gasteiger partial charge on any atom is 0.411 e. The molecule has 1 aliphatic rings. The third-order valence-electron chi connectivity index (χ3n) is 6.00. The summed E-state index contributed by atoms with van der Waals surface area (Å²) in [5.74, 6) is -1.62. The molecule has 1 aromatic rings. The van der Waals surface area contributed by atoms with Crippen molar-refractivity contribution < 1.29 is 38.5 Å². The van der Waals surface area contributed by atoms with Crippen LogP contribution in [0.5, 0.6) is 0 Å². The first-order chi connectivity index (χ1) is 17.6. The highest BCUT2D eigenvalue weighted by Gasteiger charge is 2.43. The van der Waals surface area contributed by atoms with Gasteiger partial charge in [-0.2, -0.15) is 0 Å². The van der Waals surface area contributed by atoms with Crippen molar-refractivity contribution in [2.24, 2.45) is 5.41 Å². The highest BCUT2D eigenvalue weighted by molar-refractivity contribution is 5.82. The molecule has 1 aliphatic heterocycles. The molecule has 2 rings (SSSR count). The maximum atomic E-state index is 12.7. The first kappa shape index (κ1) is 30.8. The van der Waals surface area contributed by atoms with Gasteiger partial charge >= 0.3 is 24.1 Å². The number of nitrogens with zero attached hydrogens (tertiary/aromatic N) is 4. The van der Waals surface area contributed by atoms with Crippen LogP contribution in [0.4, 0.5) is 9.59 Å². The lowest BCUT2D eigenvalue weighted by molar-refractivity contribution is -0.145. The number of unbranched alkanes of at least 4 members (excludes halogenated alkanes) is 2. The number of likely N-dealkylation sites (tertiary alicyclic amines) is 1. The molecule has 0 bridgehead atoms. The summed E-state index contributed by atoms with van der Waals surface area (Å²) in [4.78, 5) is 49.6. The summed E-state index contributed by atoms with van der Waals surface area (Å²) in [7, 11) is 1.28. The number of esters is 1. The number of aryl methyl sites for hydroxylation is 1. The molecule has 1 saturated heterocycles. The van der Waals surface area contributed by atoms with Crippen molar-refractivity contribution in [3.05, 3.63) is 11.9 Å². The Morgan fingerprint density at radius 2 is 1.82 bits per heavy atom. The lowest BCUT2D eigenvalue weighted by Crippen LogP contribution is -2.49. The van der Waals surface area contributed by atoms with Gasteiger partial charge in [-0.25, -0.2) is 23.9 Å². The lowest BCUT2D eigenvalue weighted by Gasteiger charge is -2.27. The van der Waals surface area contributed by atoms with E-state index in [1.54, 1.807) is 52.4 Å². The number of nitrogens with one attached hydrogen (secondary N) is 1. The summed E-state index contributed by atoms with van der Waals surface area (Å²) < 4.78 is 17.1. The van der Waals surface area contributed by atoms with Crippen LogP contribution in [0.3, 0.4) is 0 Å². The van der Waals surface area contributed by atoms with E-state index in [0.29, 0.717) is 19.3 Å². The van der Waals surface area contributed by atoms with Crippen LogP contribution in [0.1, 0.15) is 79.0 Å². The molecule has 2 N–H and O–H groups in total. The SMILES string of the molecule is COC(=O)[C@@H]1C[C@@H](n2cc(CCCCCOC(=O)N[C@H](C(=O)O)C(C)(C)C)nn2)CN1C(=O)OC(C)(C)C. The summed E-state index contributed by atoms with van der Waals surface area (Å²) in [5, 5.41) is 20.1. The summed E-state index contributed by atoms with van der Waals surface area (Å²) in [6.45, 7) is 10.9. The molecule has 0 aliphatic carbocycles. The third-order valence-corrected chi connectivity index (χ3v) is 6.00. The fraction of sp³-hybridized carbons (Fsp3) is 0.760. The number of carboxylic acids is 1. The van der Waals surface area contributed by atoms with E-state index >= 15 is 0 Å². The van der Waals surface area contributed by atoms with Gasteiger partial charge in [-0.1, -0.05) is 26.0 Å². The molecule has 0 aromatic carbocycles. The second kappa shape index (κ2) is 12.9. The van der Waals surface area contributed by atoms with Gasteiger partial charge in [0.2, 0.25) is 0 Å². The predicted molar refractivity (Wildman–Crippen MR) is 135 cm³/mol. The maximum absolute atomic E-state index is 12.7. The second-order valence-corrected chi connectivity index (χ2v) is 11.5. The molecule has 13 nitrogen and oxygen atoms in total. The van der Waals surface area contributed by atoms with Crippen molar-refractivity contribution in [3.63, 3.8) is 0 Å². The van der Waals surface area contributed by atoms with Gasteiger partial charge in [0.15, 0.2) is 0 Å². The molecule has 1 aromatic heterocycles. The number of aliphatic carboxylic acids is 1. The molecular weight excluding hydrogens is 498 g/mol. The van der Waals surface area contributed by atoms with Gasteiger partial charge in [-0.15, -0.1) is 5.10 Å². The summed E-state index contributed by atoms with van der Waals surface area (Å²) in [6, 6.07) is -2.06. The number of alkyl carbamates (subject to hydrolysis) is 1. The predicted octanol–water partition coefficient (Wildman–Crippen LogP) is 2.94. The number of amides is 2. The van der Waals surface area contributed by atoms with E-state index in [9.17, 15) is 24.3 Å². The number of hydrogen-bond acceptors (Lipinski definition) is 9. The molecule has 38 heavy (non-hydrogen) atoms. The molecule has 1 fully saturated rings. The molecule has 214 valence electrons. The topological polar surface area (TPSA) is 162 Å². The van der Waals surface area contributed by atoms with Crippen LogP contribution in [0.25, 0.3) is 0 Å². The van der Waals surface area contributed by atoms with Gasteiger partial charge in [0, 0.05) is 19.2 Å². The highest BCUT2D eigenvalue weighted by atomic mass is 16.6. The number of carbonyl (C=O) groups excluding carboxylic acids is 3. The van der Waals surface area contributed by atoms with E-state index in [1.807, 2.05) is 0 Å². The van der Waals surface area contributed by atoms with E-state index in [1.165, 1.54) is 12.0 Å². The number of aromatic nitrogens is 3. The van der Waals surface area contributed by atoms with E-state index < -0.39 is 47.2 Å². The zero-order valence-corrected chi connectivity index (χ0v) is 23.4. The Kier molecular flexibility index (Phi) is 10.5. The van der Waals surface area contributed by atoms with Crippen LogP contribution in [0.15, 0.2) is 6.20 Å². The zero-order chi connectivity index (χ0) is 28.7. The van der Waals surface area contributed by atoms with E-state index in [2.05, 4.69) is 15.6 Å². The van der Waals surface area contributed by atoms with Crippen molar-refractivity contribution in [2.45, 2.75) is 97.4 Å². The van der Waals surface area contributed by atoms with Gasteiger partial charge in [-0.05, 0) is 51.9 Å². The van der Waals surface area contributed by atoms with Crippen molar-refractivity contribution in [3.8, 4) is 0 Å². The van der Waals surface area contributed by atoms with Crippen LogP contribution in [0.2, 0.25) is 0 Å². The fourth-order valence-corrected chi connectivity index (χ4v) is 4.05. The highest BCUT2D eigenvalue weighted by Crippen LogP contribution is 2.29. The first-order valence-corrected chi connectivity index (χ1v) is 12.8. The standard InChI is InChI=1S/C25H41N5O8/c1-24(2,3)19(20(31)32)26-22(34)37-12-10-8-9-11-16-14-30(28-27-16)17-13-18(21(33)36-7)29(15-17)23(35)38-25(4,5)6/h14,17-19H,8-13,15H2,1-7H3,(H,26,34)(H,31,32)/t17-,18+,19-/m1/s1. The van der Waals surface area contributed by atoms with Crippen LogP contribution in [0, 0.1) is 5.41 Å². The van der Waals surface area contributed by atoms with Crippen molar-refractivity contribution in [1.82, 2.24) is 25.2 Å². The molecule has 13 heteroatoms. The van der Waals surface area contributed by atoms with Crippen molar-refractivity contribution in [2.75, 3.05) is 20.3 Å². The Labute approximate surface area is 223 Å². The van der Waals surface area contributed by atoms with Crippen LogP contribution in [-0.4, -0.2) is 87.1 Å². The first-order valence-electron chi connectivity index (χ1n) is 12.8. The molecule has 0 radical (unpaired) electrons. The minimum atomic E-state index is -1.11. The van der Waals surface area contributed by atoms with Crippen LogP contribution < -0.4 is 5.32 Å². The molecule has 0 saturated carbocycles. The van der Waals surface area contributed by atoms with Gasteiger partial charge in [0.1, 0.15) is 17.7 Å². The number of methoxy groups -OCH3 is 1. The smallest absolute Gasteiger partial charge is 0.411 e. The van der Waals surface area contributed by atoms with Crippen molar-refractivity contribution >= 4 is 24.1 Å². The Morgan fingerprint density at radius 3 is 2.39 bits per heavy atom. The number of ether oxygens (including phenoxy) is 3. The van der Waals surface area contributed by atoms with Crippen LogP contribution in [-0.2, 0) is 30.2 Å². The summed E-state index contributed by atoms with van der Waals surface area (Å²) in [6.07, 6.45) is 3.63. The number of carbonyl (C=O) groups is 4. The molecular formula is C25H41N5O8. The lowest BCUT2D eigenvalue weighted by atomic mass is 9.87. The average molecular weight is 540 g/mol. The Hall–Kier alpha value is -3.38. The molecule has 0 unspecified atom stereocenters. The van der Waals surface area contributed by atoms with Crippen LogP contribution >= 0.6 is 0 Å². The van der Waals surface area contributed by atoms with Gasteiger partial charge < -0.3 is 24.6 Å². The third kappa shape index (κ3) is 9.18. The zero-order valence-electron chi connectivity index (χ0n) is 23.4. The normalized spacial score (nSPS) is 18.6. The van der Waals surface area contributed by atoms with E-state index in [-0.39, 0.29) is 19.2 Å². The summed E-state index contributed by atoms with van der Waals surface area (Å²) >= 11 is 0. The number of hydrogen-bond donors (Lipinski definition) is 2. The molecule has 0 spiro atoms. The Morgan fingerprint density at radius 1 is 1.13 bits per heavy atom. The molecule has 3 atom stereocenters. The Balaban J connectivity index is 1.80.